The van der Waals surface area contributed by atoms with Gasteiger partial charge in [-0.3, -0.25) is 14.4 Å². The Hall–Kier alpha value is -1.64. The van der Waals surface area contributed by atoms with Crippen molar-refractivity contribution in [1.29, 1.82) is 0 Å². The maximum atomic E-state index is 11.3. The number of anilines is 1. The highest BCUT2D eigenvalue weighted by Gasteiger charge is 2.20. The highest BCUT2D eigenvalue weighted by molar-refractivity contribution is 7.92. The largest absolute Gasteiger partial charge is 0.460 e. The van der Waals surface area contributed by atoms with Gasteiger partial charge in [-0.05, 0) is 76.6 Å². The average molecular weight is 457 g/mol. The molecule has 1 aromatic rings. The summed E-state index contributed by atoms with van der Waals surface area (Å²) < 4.78 is 30.3. The smallest absolute Gasteiger partial charge is 0.303 e. The maximum Gasteiger partial charge on any atom is 0.303 e. The Kier molecular flexibility index (Phi) is 11.5. The van der Waals surface area contributed by atoms with Gasteiger partial charge < -0.3 is 9.84 Å². The number of esters is 1. The average Bonchev–Trinajstić information content (AvgIpc) is 2.63. The number of aryl methyl sites for hydroxylation is 1. The predicted octanol–water partition coefficient (Wildman–Crippen LogP) is 3.92. The molecule has 1 atom stereocenters. The first-order chi connectivity index (χ1) is 14.4. The van der Waals surface area contributed by atoms with E-state index in [0.29, 0.717) is 12.1 Å². The van der Waals surface area contributed by atoms with Crippen molar-refractivity contribution in [2.45, 2.75) is 84.5 Å². The van der Waals surface area contributed by atoms with Crippen LogP contribution in [0.2, 0.25) is 0 Å². The van der Waals surface area contributed by atoms with Crippen molar-refractivity contribution in [3.8, 4) is 0 Å². The normalized spacial score (nSPS) is 13.3. The van der Waals surface area contributed by atoms with Gasteiger partial charge in [-0.25, -0.2) is 8.42 Å². The van der Waals surface area contributed by atoms with Crippen LogP contribution in [0.15, 0.2) is 24.3 Å². The summed E-state index contributed by atoms with van der Waals surface area (Å²) in [5.74, 6) is -0.244. The quantitative estimate of drug-likeness (QED) is 0.236. The van der Waals surface area contributed by atoms with Crippen LogP contribution in [-0.4, -0.2) is 55.6 Å². The monoisotopic (exact) mass is 456 g/mol. The second-order valence-electron chi connectivity index (χ2n) is 8.74. The summed E-state index contributed by atoms with van der Waals surface area (Å²) in [6, 6.07) is 7.34. The lowest BCUT2D eigenvalue weighted by Gasteiger charge is -2.27. The van der Waals surface area contributed by atoms with Gasteiger partial charge in [0.05, 0.1) is 6.26 Å². The topological polar surface area (TPSA) is 95.9 Å². The molecule has 31 heavy (non-hydrogen) atoms. The molecule has 7 nitrogen and oxygen atoms in total. The number of aliphatic hydroxyl groups is 1. The molecule has 0 heterocycles. The molecule has 0 aliphatic carbocycles. The van der Waals surface area contributed by atoms with E-state index in [1.807, 2.05) is 26.0 Å². The summed E-state index contributed by atoms with van der Waals surface area (Å²) in [7, 11) is -3.26. The number of unbranched alkanes of at least 4 members (excludes halogenated alkanes) is 2. The lowest BCUT2D eigenvalue weighted by molar-refractivity contribution is -0.154. The zero-order valence-corrected chi connectivity index (χ0v) is 20.5. The molecule has 1 aromatic carbocycles. The molecule has 178 valence electrons. The van der Waals surface area contributed by atoms with Crippen molar-refractivity contribution in [3.63, 3.8) is 0 Å². The first-order valence-electron chi connectivity index (χ1n) is 11.1. The summed E-state index contributed by atoms with van der Waals surface area (Å²) >= 11 is 0. The first kappa shape index (κ1) is 27.4. The van der Waals surface area contributed by atoms with Crippen LogP contribution < -0.4 is 4.72 Å². The van der Waals surface area contributed by atoms with Gasteiger partial charge in [0, 0.05) is 19.2 Å². The van der Waals surface area contributed by atoms with Crippen molar-refractivity contribution in [2.75, 3.05) is 24.1 Å². The molecule has 0 aliphatic heterocycles. The van der Waals surface area contributed by atoms with Crippen LogP contribution in [0.3, 0.4) is 0 Å². The van der Waals surface area contributed by atoms with Crippen LogP contribution in [0.4, 0.5) is 5.69 Å². The van der Waals surface area contributed by atoms with E-state index in [9.17, 15) is 18.3 Å². The molecule has 0 aromatic heterocycles. The summed E-state index contributed by atoms with van der Waals surface area (Å²) in [4.78, 5) is 13.2. The standard InChI is InChI=1S/C23H40N2O5S/c1-6-25(18-9-7-8-17-23(3,4)30-19(2)26)22(27)12-10-11-20-13-15-21(16-14-20)24-31(5,28)29/h13-16,22,24,27H,6-12,17-18H2,1-5H3. The zero-order chi connectivity index (χ0) is 23.5. The molecule has 1 rings (SSSR count). The number of hydrogen-bond acceptors (Lipinski definition) is 6. The molecular formula is C23H40N2O5S. The SMILES string of the molecule is CCN(CCCCCC(C)(C)OC(C)=O)C(O)CCCc1ccc(NS(C)(=O)=O)cc1. The van der Waals surface area contributed by atoms with Gasteiger partial charge in [0.1, 0.15) is 11.8 Å². The fraction of sp³-hybridized carbons (Fsp3) is 0.696. The number of benzene rings is 1. The second kappa shape index (κ2) is 13.0. The Labute approximate surface area is 188 Å². The lowest BCUT2D eigenvalue weighted by Crippen LogP contribution is -2.36. The van der Waals surface area contributed by atoms with Crippen LogP contribution in [0.1, 0.15) is 71.8 Å². The molecule has 0 bridgehead atoms. The third kappa shape index (κ3) is 12.7. The van der Waals surface area contributed by atoms with Crippen molar-refractivity contribution < 1.29 is 23.1 Å². The maximum absolute atomic E-state index is 11.3. The fourth-order valence-corrected chi connectivity index (χ4v) is 4.19. The summed E-state index contributed by atoms with van der Waals surface area (Å²) in [5, 5.41) is 10.5. The third-order valence-electron chi connectivity index (χ3n) is 5.16. The van der Waals surface area contributed by atoms with Crippen molar-refractivity contribution >= 4 is 21.7 Å². The van der Waals surface area contributed by atoms with E-state index in [0.717, 1.165) is 63.4 Å². The molecule has 0 radical (unpaired) electrons. The number of sulfonamides is 1. The van der Waals surface area contributed by atoms with Gasteiger partial charge in [0.25, 0.3) is 0 Å². The van der Waals surface area contributed by atoms with E-state index in [1.54, 1.807) is 12.1 Å². The predicted molar refractivity (Wildman–Crippen MR) is 125 cm³/mol. The van der Waals surface area contributed by atoms with E-state index in [-0.39, 0.29) is 5.97 Å². The van der Waals surface area contributed by atoms with Gasteiger partial charge in [0.15, 0.2) is 0 Å². The minimum absolute atomic E-state index is 0.244. The number of rotatable bonds is 15. The number of aliphatic hydroxyl groups excluding tert-OH is 1. The Bertz CT molecular complexity index is 763. The Morgan fingerprint density at radius 1 is 1.16 bits per heavy atom. The van der Waals surface area contributed by atoms with Gasteiger partial charge >= 0.3 is 5.97 Å². The summed E-state index contributed by atoms with van der Waals surface area (Å²) in [5.41, 5.74) is 1.25. The highest BCUT2D eigenvalue weighted by atomic mass is 32.2. The van der Waals surface area contributed by atoms with E-state index in [2.05, 4.69) is 16.5 Å². The molecule has 0 saturated carbocycles. The van der Waals surface area contributed by atoms with E-state index >= 15 is 0 Å². The summed E-state index contributed by atoms with van der Waals surface area (Å²) in [6.45, 7) is 9.01. The molecule has 8 heteroatoms. The Morgan fingerprint density at radius 2 is 1.81 bits per heavy atom. The van der Waals surface area contributed by atoms with Gasteiger partial charge in [-0.2, -0.15) is 0 Å². The lowest BCUT2D eigenvalue weighted by atomic mass is 10.00. The molecule has 0 amide bonds. The minimum Gasteiger partial charge on any atom is -0.460 e. The molecule has 1 unspecified atom stereocenters. The van der Waals surface area contributed by atoms with E-state index in [1.165, 1.54) is 6.92 Å². The number of carbonyl (C=O) groups is 1. The summed E-state index contributed by atoms with van der Waals surface area (Å²) in [6.07, 6.45) is 6.89. The van der Waals surface area contributed by atoms with Crippen molar-refractivity contribution in [2.24, 2.45) is 0 Å². The van der Waals surface area contributed by atoms with Crippen LogP contribution in [0.5, 0.6) is 0 Å². The van der Waals surface area contributed by atoms with Crippen LogP contribution >= 0.6 is 0 Å². The molecule has 0 saturated heterocycles. The second-order valence-corrected chi connectivity index (χ2v) is 10.5. The number of carbonyl (C=O) groups excluding carboxylic acids is 1. The fourth-order valence-electron chi connectivity index (χ4n) is 3.63. The zero-order valence-electron chi connectivity index (χ0n) is 19.7. The molecular weight excluding hydrogens is 416 g/mol. The molecule has 2 N–H and O–H groups in total. The first-order valence-corrected chi connectivity index (χ1v) is 13.0. The van der Waals surface area contributed by atoms with Crippen molar-refractivity contribution in [1.82, 2.24) is 4.90 Å². The van der Waals surface area contributed by atoms with Gasteiger partial charge in [-0.15, -0.1) is 0 Å². The van der Waals surface area contributed by atoms with Crippen molar-refractivity contribution in [3.05, 3.63) is 29.8 Å². The van der Waals surface area contributed by atoms with Gasteiger partial charge in [-0.1, -0.05) is 25.5 Å². The number of nitrogens with one attached hydrogen (secondary N) is 1. The molecule has 0 spiro atoms. The minimum atomic E-state index is -3.26. The third-order valence-corrected chi connectivity index (χ3v) is 5.76. The number of nitrogens with zero attached hydrogens (tertiary/aromatic N) is 1. The molecule has 0 aliphatic rings. The van der Waals surface area contributed by atoms with E-state index in [4.69, 9.17) is 4.74 Å². The van der Waals surface area contributed by atoms with Gasteiger partial charge in [0.2, 0.25) is 10.0 Å². The molecule has 0 fully saturated rings. The van der Waals surface area contributed by atoms with Crippen LogP contribution in [-0.2, 0) is 26.0 Å². The van der Waals surface area contributed by atoms with Crippen LogP contribution in [0.25, 0.3) is 0 Å². The Morgan fingerprint density at radius 3 is 2.35 bits per heavy atom. The number of hydrogen-bond donors (Lipinski definition) is 2. The van der Waals surface area contributed by atoms with E-state index < -0.39 is 21.9 Å². The number of ether oxygens (including phenoxy) is 1. The highest BCUT2D eigenvalue weighted by Crippen LogP contribution is 2.19. The Balaban J connectivity index is 2.30. The van der Waals surface area contributed by atoms with Crippen LogP contribution in [0, 0.1) is 0 Å².